The summed E-state index contributed by atoms with van der Waals surface area (Å²) in [5, 5.41) is 55.9. The molecule has 6 aromatic carbocycles. The molecule has 1 fully saturated rings. The zero-order chi connectivity index (χ0) is 92.9. The second-order valence-corrected chi connectivity index (χ2v) is 34.3. The molecular formula is C92H112N16O19S. The first-order chi connectivity index (χ1) is 61.0. The first kappa shape index (κ1) is 96.5. The Morgan fingerprint density at radius 1 is 0.523 bits per heavy atom. The highest BCUT2D eigenvalue weighted by molar-refractivity contribution is 8.00. The average molecular weight is 1780 g/mol. The normalized spacial score (nSPS) is 23.0. The molecule has 0 unspecified atom stereocenters. The van der Waals surface area contributed by atoms with Crippen molar-refractivity contribution < 1.29 is 92.0 Å². The number of aromatic nitrogens is 1. The molecule has 15 N–H and O–H groups in total. The van der Waals surface area contributed by atoms with Crippen molar-refractivity contribution in [2.75, 3.05) is 55.5 Å². The molecule has 0 aliphatic carbocycles. The quantitative estimate of drug-likeness (QED) is 0.0491. The van der Waals surface area contributed by atoms with Gasteiger partial charge in [-0.2, -0.15) is 0 Å². The van der Waals surface area contributed by atoms with E-state index in [-0.39, 0.29) is 85.9 Å². The van der Waals surface area contributed by atoms with Crippen molar-refractivity contribution in [3.8, 4) is 11.5 Å². The Labute approximate surface area is 744 Å². The summed E-state index contributed by atoms with van der Waals surface area (Å²) in [4.78, 5) is 245. The molecule has 128 heavy (non-hydrogen) atoms. The molecule has 1 saturated heterocycles. The molecule has 12 atom stereocenters. The van der Waals surface area contributed by atoms with Gasteiger partial charge in [0.05, 0.1) is 36.6 Å². The fraction of sp³-hybridized carbons (Fsp3) is 0.413. The SMILES string of the molecule is CCCC[C@H]1C(=O)N2c3cccc4c3N1C(=O)[C@H](C4)N(C)C(=O)[C@H](Cc1ccccc1)NC(=O)CSC[C@@H](C(=O)NCC(N)=O)NC(=O)[C@H](CC(C)C)NC(=O)[C@H](Cc1ccc(O)cc1)NC(=O)[C@H](Cc1c[nH]c3ccccc13)NC(=O)CN(C)C(=O)[C@H](Cc1ccc(O)cc1)NC(=O)[C@H](Cc1ccccc1)N(C)C(=O)[C@H](C(C)C)NC(=O)[C@H](CC(=O)O)NC(=O)[C@@H]2C. The van der Waals surface area contributed by atoms with Gasteiger partial charge in [-0.3, -0.25) is 86.5 Å². The van der Waals surface area contributed by atoms with E-state index in [1.165, 1.54) is 97.4 Å². The molecular weight excluding hydrogens is 1670 g/mol. The van der Waals surface area contributed by atoms with E-state index in [0.717, 1.165) is 21.6 Å². The van der Waals surface area contributed by atoms with E-state index in [4.69, 9.17) is 5.73 Å². The van der Waals surface area contributed by atoms with Gasteiger partial charge in [0.1, 0.15) is 84.0 Å². The Balaban J connectivity index is 1.04. The molecule has 36 heteroatoms. The topological polar surface area (TPSA) is 500 Å². The van der Waals surface area contributed by atoms with Crippen LogP contribution >= 0.6 is 11.8 Å². The number of aliphatic carboxylic acids is 1. The van der Waals surface area contributed by atoms with Gasteiger partial charge < -0.3 is 88.6 Å². The number of unbranched alkanes of at least 4 members (excludes halogenated alkanes) is 1. The molecule has 15 amide bonds. The number of primary amides is 1. The van der Waals surface area contributed by atoms with Gasteiger partial charge in [-0.25, -0.2) is 0 Å². The van der Waals surface area contributed by atoms with Crippen LogP contribution in [0.1, 0.15) is 107 Å². The molecule has 0 spiro atoms. The molecule has 5 aliphatic heterocycles. The van der Waals surface area contributed by atoms with Crippen LogP contribution in [0.4, 0.5) is 11.4 Å². The van der Waals surface area contributed by atoms with Crippen LogP contribution in [0.2, 0.25) is 0 Å². The Morgan fingerprint density at radius 3 is 1.66 bits per heavy atom. The summed E-state index contributed by atoms with van der Waals surface area (Å²) in [6, 6.07) is 22.0. The monoisotopic (exact) mass is 1780 g/mol. The van der Waals surface area contributed by atoms with Gasteiger partial charge >= 0.3 is 5.97 Å². The maximum Gasteiger partial charge on any atom is 0.305 e. The van der Waals surface area contributed by atoms with Crippen molar-refractivity contribution in [2.24, 2.45) is 17.6 Å². The number of para-hydroxylation sites is 2. The lowest BCUT2D eigenvalue weighted by Crippen LogP contribution is -2.66. The fourth-order valence-corrected chi connectivity index (χ4v) is 16.8. The number of benzene rings is 6. The Hall–Kier alpha value is -13.7. The van der Waals surface area contributed by atoms with Crippen molar-refractivity contribution in [1.29, 1.82) is 0 Å². The number of aromatic amines is 1. The number of hydrogen-bond donors (Lipinski definition) is 14. The molecule has 6 heterocycles. The number of hydrogen-bond acceptors (Lipinski definition) is 19. The van der Waals surface area contributed by atoms with E-state index in [1.54, 1.807) is 131 Å². The third kappa shape index (κ3) is 25.1. The number of fused-ring (bicyclic) bond motifs is 2. The predicted molar refractivity (Wildman–Crippen MR) is 476 cm³/mol. The van der Waals surface area contributed by atoms with E-state index in [1.807, 2.05) is 6.92 Å². The first-order valence-corrected chi connectivity index (χ1v) is 43.7. The summed E-state index contributed by atoms with van der Waals surface area (Å²) in [6.07, 6.45) is 0.138. The van der Waals surface area contributed by atoms with Gasteiger partial charge in [-0.1, -0.05) is 163 Å². The maximum absolute atomic E-state index is 15.6. The van der Waals surface area contributed by atoms with Gasteiger partial charge in [0.25, 0.3) is 11.8 Å². The highest BCUT2D eigenvalue weighted by atomic mass is 32.2. The fourth-order valence-electron chi connectivity index (χ4n) is 15.9. The molecule has 0 saturated carbocycles. The van der Waals surface area contributed by atoms with Crippen LogP contribution in [0.15, 0.2) is 158 Å². The Morgan fingerprint density at radius 2 is 1.06 bits per heavy atom. The minimum Gasteiger partial charge on any atom is -0.508 e. The number of rotatable bonds is 21. The number of phenols is 2. The van der Waals surface area contributed by atoms with Crippen LogP contribution in [0, 0.1) is 11.8 Å². The molecule has 0 radical (unpaired) electrons. The number of anilines is 2. The molecule has 35 nitrogen and oxygen atoms in total. The van der Waals surface area contributed by atoms with E-state index in [0.29, 0.717) is 57.1 Å². The van der Waals surface area contributed by atoms with Crippen molar-refractivity contribution in [1.82, 2.24) is 67.5 Å². The average Bonchev–Trinajstić information content (AvgIpc) is 0.748. The lowest BCUT2D eigenvalue weighted by molar-refractivity contribution is -0.145. The van der Waals surface area contributed by atoms with Crippen molar-refractivity contribution >= 4 is 129 Å². The largest absolute Gasteiger partial charge is 0.508 e. The smallest absolute Gasteiger partial charge is 0.305 e. The lowest BCUT2D eigenvalue weighted by atomic mass is 9.88. The van der Waals surface area contributed by atoms with E-state index >= 15 is 38.4 Å². The van der Waals surface area contributed by atoms with Gasteiger partial charge in [0.15, 0.2) is 0 Å². The standard InChI is InChI=1S/C92H112N16O19S/c1-10-11-28-72-90(125)107-53(6)81(116)98-67(45-78(114)115)86(121)103-79(52(4)5)92(127)105(8)73(42-55-23-16-13-17-24-55)87(122)101-68(41-57-32-36-61(110)37-33-57)88(123)104(7)48-76(112)96-66(43-59-46-94-63-27-19-18-26-62(59)63)85(120)100-65(39-56-30-34-60(109)35-31-56)84(119)99-64(38-51(2)3)83(118)102-70(82(117)95-47-75(93)111)49-128-50-77(113)97-69(40-54-21-14-12-15-22-54)89(124)106(9)74-44-58-25-20-29-71(107)80(58)108(72)91(74)126/h12-27,29-37,46,51-53,64-70,72-74,79,94,109-110H,10-11,28,38-45,47-50H2,1-9H3,(H2,93,111)(H,95,117)(H,96,112)(H,97,113)(H,98,116)(H,99,119)(H,100,120)(H,101,122)(H,102,118)(H,103,121)(H,114,115)/t53-,64-,65-,66-,67-,68-,69-,70-,72-,73-,74-,79-/m0/s1. The zero-order valence-corrected chi connectivity index (χ0v) is 73.6. The summed E-state index contributed by atoms with van der Waals surface area (Å²) >= 11 is 0.836. The minimum absolute atomic E-state index is 0.0486. The molecule has 5 aliphatic rings. The van der Waals surface area contributed by atoms with Crippen LogP contribution in [-0.2, 0) is 115 Å². The van der Waals surface area contributed by atoms with Crippen LogP contribution < -0.4 is 63.4 Å². The number of likely N-dealkylation sites (N-methyl/N-ethyl adjacent to an activating group) is 3. The maximum atomic E-state index is 15.6. The van der Waals surface area contributed by atoms with Gasteiger partial charge in [0, 0.05) is 82.5 Å². The Kier molecular flexibility index (Phi) is 33.5. The molecule has 6 bridgehead atoms. The molecule has 1 aromatic heterocycles. The number of carboxylic acids is 1. The highest BCUT2D eigenvalue weighted by Crippen LogP contribution is 2.45. The number of nitrogens with zero attached hydrogens (tertiary/aromatic N) is 5. The molecule has 12 rings (SSSR count). The van der Waals surface area contributed by atoms with E-state index in [9.17, 15) is 53.7 Å². The number of nitrogens with two attached hydrogens (primary N) is 1. The lowest BCUT2D eigenvalue weighted by Gasteiger charge is -2.48. The zero-order valence-electron chi connectivity index (χ0n) is 72.8. The van der Waals surface area contributed by atoms with Crippen molar-refractivity contribution in [3.63, 3.8) is 0 Å². The number of amides is 15. The molecule has 680 valence electrons. The summed E-state index contributed by atoms with van der Waals surface area (Å²) in [5.74, 6) is -17.2. The van der Waals surface area contributed by atoms with Crippen molar-refractivity contribution in [3.05, 3.63) is 191 Å². The van der Waals surface area contributed by atoms with Gasteiger partial charge in [-0.05, 0) is 101 Å². The second-order valence-electron chi connectivity index (χ2n) is 33.3. The number of carbonyl (C=O) groups is 16. The summed E-state index contributed by atoms with van der Waals surface area (Å²) in [6.45, 7) is 8.38. The summed E-state index contributed by atoms with van der Waals surface area (Å²) in [5.41, 5.74) is 9.34. The van der Waals surface area contributed by atoms with Gasteiger partial charge in [-0.15, -0.1) is 11.8 Å². The first-order valence-electron chi connectivity index (χ1n) is 42.5. The number of carboxylic acid groups (broad SMARTS) is 1. The van der Waals surface area contributed by atoms with E-state index < -0.39 is 198 Å². The number of phenolic OH excluding ortho intramolecular Hbond substituents is 2. The van der Waals surface area contributed by atoms with Crippen LogP contribution in [0.5, 0.6) is 11.5 Å². The summed E-state index contributed by atoms with van der Waals surface area (Å²) < 4.78 is 0. The minimum atomic E-state index is -1.93. The van der Waals surface area contributed by atoms with Crippen LogP contribution in [-0.4, -0.2) is 248 Å². The van der Waals surface area contributed by atoms with Gasteiger partial charge in [0.2, 0.25) is 76.8 Å². The number of H-pyrrole nitrogens is 1. The third-order valence-electron chi connectivity index (χ3n) is 22.8. The second kappa shape index (κ2) is 44.5. The molecule has 7 aromatic rings. The van der Waals surface area contributed by atoms with Crippen LogP contribution in [0.25, 0.3) is 10.9 Å². The predicted octanol–water partition coefficient (Wildman–Crippen LogP) is 2.49. The van der Waals surface area contributed by atoms with E-state index in [2.05, 4.69) is 52.8 Å². The summed E-state index contributed by atoms with van der Waals surface area (Å²) in [7, 11) is 3.94. The van der Waals surface area contributed by atoms with Crippen LogP contribution in [0.3, 0.4) is 0 Å². The third-order valence-corrected chi connectivity index (χ3v) is 23.8. The highest BCUT2D eigenvalue weighted by Gasteiger charge is 2.51. The number of aromatic hydroxyl groups is 2. The number of carbonyl (C=O) groups excluding carboxylic acids is 15. The number of thioether (sulfide) groups is 1. The Bertz CT molecular complexity index is 5230. The van der Waals surface area contributed by atoms with Crippen molar-refractivity contribution in [2.45, 2.75) is 185 Å². The number of nitrogens with one attached hydrogen (secondary N) is 10.